The van der Waals surface area contributed by atoms with Gasteiger partial charge >= 0.3 is 0 Å². The maximum absolute atomic E-state index is 5.85. The van der Waals surface area contributed by atoms with Gasteiger partial charge in [0, 0.05) is 11.8 Å². The van der Waals surface area contributed by atoms with E-state index in [0.717, 1.165) is 17.9 Å². The second kappa shape index (κ2) is 4.17. The largest absolute Gasteiger partial charge is 0.465 e. The van der Waals surface area contributed by atoms with Crippen LogP contribution in [0, 0.1) is 0 Å². The Morgan fingerprint density at radius 1 is 0.938 bits per heavy atom. The van der Waals surface area contributed by atoms with Crippen LogP contribution in [0.25, 0.3) is 0 Å². The molecular formula is C15H18O. The van der Waals surface area contributed by atoms with Crippen LogP contribution >= 0.6 is 0 Å². The summed E-state index contributed by atoms with van der Waals surface area (Å²) in [5.74, 6) is 2.09. The SMILES string of the molecule is CC(C)(C)c1ccc(Cc2ccccc2)o1. The van der Waals surface area contributed by atoms with Crippen LogP contribution in [0.5, 0.6) is 0 Å². The van der Waals surface area contributed by atoms with Crippen molar-refractivity contribution in [2.24, 2.45) is 0 Å². The molecule has 1 heterocycles. The predicted molar refractivity (Wildman–Crippen MR) is 66.7 cm³/mol. The van der Waals surface area contributed by atoms with Crippen LogP contribution in [0.3, 0.4) is 0 Å². The van der Waals surface area contributed by atoms with E-state index in [9.17, 15) is 0 Å². The van der Waals surface area contributed by atoms with Gasteiger partial charge < -0.3 is 4.42 Å². The van der Waals surface area contributed by atoms with E-state index in [-0.39, 0.29) is 5.41 Å². The molecular weight excluding hydrogens is 196 g/mol. The fourth-order valence-corrected chi connectivity index (χ4v) is 1.67. The lowest BCUT2D eigenvalue weighted by molar-refractivity contribution is 0.390. The molecule has 0 saturated heterocycles. The van der Waals surface area contributed by atoms with Crippen molar-refractivity contribution in [1.82, 2.24) is 0 Å². The monoisotopic (exact) mass is 214 g/mol. The van der Waals surface area contributed by atoms with Gasteiger partial charge in [-0.1, -0.05) is 51.1 Å². The van der Waals surface area contributed by atoms with Gasteiger partial charge in [-0.15, -0.1) is 0 Å². The Labute approximate surface area is 97.1 Å². The second-order valence-corrected chi connectivity index (χ2v) is 5.18. The smallest absolute Gasteiger partial charge is 0.109 e. The standard InChI is InChI=1S/C15H18O/c1-15(2,3)14-10-9-13(16-14)11-12-7-5-4-6-8-12/h4-10H,11H2,1-3H3. The maximum atomic E-state index is 5.85. The molecule has 0 aliphatic carbocycles. The second-order valence-electron chi connectivity index (χ2n) is 5.18. The number of furan rings is 1. The van der Waals surface area contributed by atoms with Crippen molar-refractivity contribution in [2.75, 3.05) is 0 Å². The third-order valence-electron chi connectivity index (χ3n) is 2.62. The maximum Gasteiger partial charge on any atom is 0.109 e. The Kier molecular flexibility index (Phi) is 2.86. The lowest BCUT2D eigenvalue weighted by Crippen LogP contribution is -2.09. The van der Waals surface area contributed by atoms with Crippen molar-refractivity contribution in [3.63, 3.8) is 0 Å². The Morgan fingerprint density at radius 3 is 2.19 bits per heavy atom. The van der Waals surface area contributed by atoms with E-state index < -0.39 is 0 Å². The molecule has 0 amide bonds. The van der Waals surface area contributed by atoms with Gasteiger partial charge in [0.2, 0.25) is 0 Å². The molecule has 0 unspecified atom stereocenters. The fraction of sp³-hybridized carbons (Fsp3) is 0.333. The molecule has 1 aromatic carbocycles. The van der Waals surface area contributed by atoms with Crippen LogP contribution in [0.4, 0.5) is 0 Å². The van der Waals surface area contributed by atoms with E-state index in [1.807, 2.05) is 6.07 Å². The summed E-state index contributed by atoms with van der Waals surface area (Å²) in [5.41, 5.74) is 1.38. The summed E-state index contributed by atoms with van der Waals surface area (Å²) in [5, 5.41) is 0. The molecule has 1 aromatic heterocycles. The van der Waals surface area contributed by atoms with Crippen LogP contribution in [0.2, 0.25) is 0 Å². The molecule has 2 aromatic rings. The zero-order valence-electron chi connectivity index (χ0n) is 10.2. The zero-order chi connectivity index (χ0) is 11.6. The summed E-state index contributed by atoms with van der Waals surface area (Å²) in [6, 6.07) is 14.6. The highest BCUT2D eigenvalue weighted by molar-refractivity contribution is 5.22. The zero-order valence-corrected chi connectivity index (χ0v) is 10.2. The Morgan fingerprint density at radius 2 is 1.62 bits per heavy atom. The molecule has 0 radical (unpaired) electrons. The third-order valence-corrected chi connectivity index (χ3v) is 2.62. The molecule has 1 nitrogen and oxygen atoms in total. The summed E-state index contributed by atoms with van der Waals surface area (Å²) in [4.78, 5) is 0. The minimum absolute atomic E-state index is 0.0922. The van der Waals surface area contributed by atoms with Gasteiger partial charge in [0.15, 0.2) is 0 Å². The quantitative estimate of drug-likeness (QED) is 0.731. The van der Waals surface area contributed by atoms with Gasteiger partial charge in [-0.3, -0.25) is 0 Å². The first-order chi connectivity index (χ1) is 7.55. The topological polar surface area (TPSA) is 13.1 Å². The molecule has 0 aliphatic heterocycles. The molecule has 0 aliphatic rings. The normalized spacial score (nSPS) is 11.7. The van der Waals surface area contributed by atoms with Gasteiger partial charge in [-0.2, -0.15) is 0 Å². The summed E-state index contributed by atoms with van der Waals surface area (Å²) >= 11 is 0. The third kappa shape index (κ3) is 2.54. The van der Waals surface area contributed by atoms with Crippen LogP contribution in [-0.4, -0.2) is 0 Å². The van der Waals surface area contributed by atoms with Crippen LogP contribution < -0.4 is 0 Å². The van der Waals surface area contributed by atoms with Crippen molar-refractivity contribution in [1.29, 1.82) is 0 Å². The molecule has 0 fully saturated rings. The predicted octanol–water partition coefficient (Wildman–Crippen LogP) is 4.17. The Balaban J connectivity index is 2.15. The number of hydrogen-bond acceptors (Lipinski definition) is 1. The van der Waals surface area contributed by atoms with E-state index in [1.54, 1.807) is 0 Å². The van der Waals surface area contributed by atoms with Crippen molar-refractivity contribution in [3.05, 3.63) is 59.5 Å². The van der Waals surface area contributed by atoms with Crippen molar-refractivity contribution in [2.45, 2.75) is 32.6 Å². The summed E-state index contributed by atoms with van der Waals surface area (Å²) in [6.45, 7) is 6.49. The summed E-state index contributed by atoms with van der Waals surface area (Å²) in [6.07, 6.45) is 0.872. The lowest BCUT2D eigenvalue weighted by atomic mass is 9.94. The molecule has 0 N–H and O–H groups in total. The lowest BCUT2D eigenvalue weighted by Gasteiger charge is -2.14. The molecule has 0 atom stereocenters. The van der Waals surface area contributed by atoms with Crippen LogP contribution in [-0.2, 0) is 11.8 Å². The number of rotatable bonds is 2. The highest BCUT2D eigenvalue weighted by Crippen LogP contribution is 2.25. The summed E-state index contributed by atoms with van der Waals surface area (Å²) < 4.78 is 5.85. The minimum Gasteiger partial charge on any atom is -0.465 e. The molecule has 2 rings (SSSR count). The van der Waals surface area contributed by atoms with Gasteiger partial charge in [-0.25, -0.2) is 0 Å². The van der Waals surface area contributed by atoms with Crippen molar-refractivity contribution >= 4 is 0 Å². The Bertz CT molecular complexity index is 446. The van der Waals surface area contributed by atoms with Crippen molar-refractivity contribution in [3.8, 4) is 0 Å². The molecule has 1 heteroatoms. The molecule has 84 valence electrons. The summed E-state index contributed by atoms with van der Waals surface area (Å²) in [7, 11) is 0. The highest BCUT2D eigenvalue weighted by atomic mass is 16.3. The first-order valence-corrected chi connectivity index (χ1v) is 5.69. The van der Waals surface area contributed by atoms with Crippen molar-refractivity contribution < 1.29 is 4.42 Å². The molecule has 0 spiro atoms. The number of benzene rings is 1. The van der Waals surface area contributed by atoms with Crippen LogP contribution in [0.15, 0.2) is 46.9 Å². The van der Waals surface area contributed by atoms with Gasteiger partial charge in [0.1, 0.15) is 11.5 Å². The Hall–Kier alpha value is -1.50. The molecule has 16 heavy (non-hydrogen) atoms. The van der Waals surface area contributed by atoms with E-state index in [1.165, 1.54) is 5.56 Å². The van der Waals surface area contributed by atoms with Crippen LogP contribution in [0.1, 0.15) is 37.9 Å². The van der Waals surface area contributed by atoms with E-state index in [2.05, 4.69) is 57.2 Å². The fourth-order valence-electron chi connectivity index (χ4n) is 1.67. The van der Waals surface area contributed by atoms with Gasteiger partial charge in [0.25, 0.3) is 0 Å². The first-order valence-electron chi connectivity index (χ1n) is 5.69. The molecule has 0 saturated carbocycles. The average Bonchev–Trinajstić information content (AvgIpc) is 2.67. The van der Waals surface area contributed by atoms with Gasteiger partial charge in [0.05, 0.1) is 0 Å². The van der Waals surface area contributed by atoms with E-state index >= 15 is 0 Å². The van der Waals surface area contributed by atoms with E-state index in [4.69, 9.17) is 4.42 Å². The van der Waals surface area contributed by atoms with Gasteiger partial charge in [-0.05, 0) is 17.7 Å². The highest BCUT2D eigenvalue weighted by Gasteiger charge is 2.17. The van der Waals surface area contributed by atoms with E-state index in [0.29, 0.717) is 0 Å². The average molecular weight is 214 g/mol. The molecule has 0 bridgehead atoms. The first kappa shape index (κ1) is 11.0. The number of hydrogen-bond donors (Lipinski definition) is 0. The minimum atomic E-state index is 0.0922.